The summed E-state index contributed by atoms with van der Waals surface area (Å²) in [7, 11) is 0. The van der Waals surface area contributed by atoms with Crippen LogP contribution in [0.5, 0.6) is 0 Å². The van der Waals surface area contributed by atoms with Gasteiger partial charge in [-0.2, -0.15) is 0 Å². The molecule has 0 saturated carbocycles. The molecule has 32 heavy (non-hydrogen) atoms. The van der Waals surface area contributed by atoms with Crippen molar-refractivity contribution in [2.75, 3.05) is 13.2 Å². The van der Waals surface area contributed by atoms with Crippen LogP contribution in [0.3, 0.4) is 0 Å². The second-order valence-electron chi connectivity index (χ2n) is 7.61. The van der Waals surface area contributed by atoms with Crippen LogP contribution in [0.15, 0.2) is 76.2 Å². The molecular weight excluding hydrogens is 426 g/mol. The lowest BCUT2D eigenvalue weighted by Gasteiger charge is -2.28. The lowest BCUT2D eigenvalue weighted by atomic mass is 9.85. The zero-order chi connectivity index (χ0) is 22.7. The van der Waals surface area contributed by atoms with Crippen molar-refractivity contribution in [1.82, 2.24) is 5.32 Å². The van der Waals surface area contributed by atoms with Gasteiger partial charge in [0.1, 0.15) is 12.4 Å². The molecule has 2 heterocycles. The van der Waals surface area contributed by atoms with Crippen LogP contribution >= 0.6 is 11.8 Å². The van der Waals surface area contributed by atoms with Gasteiger partial charge >= 0.3 is 12.1 Å². The lowest BCUT2D eigenvalue weighted by Crippen LogP contribution is -2.28. The fraction of sp³-hybridized carbons (Fsp3) is 0.280. The van der Waals surface area contributed by atoms with E-state index in [0.717, 1.165) is 16.2 Å². The number of hydrogen-bond donors (Lipinski definition) is 1. The highest BCUT2D eigenvalue weighted by atomic mass is 32.2. The minimum Gasteiger partial charge on any atom is -0.456 e. The van der Waals surface area contributed by atoms with Gasteiger partial charge < -0.3 is 19.5 Å². The van der Waals surface area contributed by atoms with Crippen molar-refractivity contribution in [1.29, 1.82) is 0 Å². The number of aryl methyl sites for hydroxylation is 1. The molecule has 2 aliphatic heterocycles. The molecule has 2 aliphatic rings. The van der Waals surface area contributed by atoms with Gasteiger partial charge in [0, 0.05) is 10.6 Å². The molecule has 4 rings (SSSR count). The fourth-order valence-corrected chi connectivity index (χ4v) is 4.85. The van der Waals surface area contributed by atoms with Crippen molar-refractivity contribution in [2.45, 2.75) is 37.3 Å². The predicted octanol–water partition coefficient (Wildman–Crippen LogP) is 5.19. The maximum absolute atomic E-state index is 12.7. The Balaban J connectivity index is 1.71. The van der Waals surface area contributed by atoms with Crippen LogP contribution in [0.4, 0.5) is 4.79 Å². The van der Waals surface area contributed by atoms with Crippen LogP contribution in [0.25, 0.3) is 0 Å². The quantitative estimate of drug-likeness (QED) is 0.479. The summed E-state index contributed by atoms with van der Waals surface area (Å²) in [6.45, 7) is 5.96. The van der Waals surface area contributed by atoms with E-state index >= 15 is 0 Å². The molecular formula is C25H25NO5S. The van der Waals surface area contributed by atoms with Crippen LogP contribution in [0.2, 0.25) is 0 Å². The fourth-order valence-electron chi connectivity index (χ4n) is 3.81. The van der Waals surface area contributed by atoms with Crippen molar-refractivity contribution < 1.29 is 23.8 Å². The third-order valence-corrected chi connectivity index (χ3v) is 6.51. The number of ether oxygens (including phenoxy) is 3. The highest BCUT2D eigenvalue weighted by Crippen LogP contribution is 2.44. The molecule has 0 bridgehead atoms. The summed E-state index contributed by atoms with van der Waals surface area (Å²) in [4.78, 5) is 25.8. The van der Waals surface area contributed by atoms with Crippen LogP contribution in [-0.4, -0.2) is 25.3 Å². The molecule has 0 radical (unpaired) electrons. The van der Waals surface area contributed by atoms with E-state index < -0.39 is 18.0 Å². The van der Waals surface area contributed by atoms with Gasteiger partial charge in [0.15, 0.2) is 0 Å². The largest absolute Gasteiger partial charge is 0.513 e. The van der Waals surface area contributed by atoms with E-state index in [4.69, 9.17) is 14.2 Å². The molecule has 1 unspecified atom stereocenters. The highest BCUT2D eigenvalue weighted by Gasteiger charge is 2.41. The van der Waals surface area contributed by atoms with E-state index in [1.807, 2.05) is 31.2 Å². The molecule has 0 aromatic heterocycles. The Hall–Kier alpha value is -3.19. The first-order valence-corrected chi connectivity index (χ1v) is 11.5. The van der Waals surface area contributed by atoms with Gasteiger partial charge in [-0.15, -0.1) is 11.8 Å². The molecule has 0 saturated heterocycles. The average molecular weight is 452 g/mol. The number of carbonyl (C=O) groups excluding carboxylic acids is 2. The van der Waals surface area contributed by atoms with Gasteiger partial charge in [0.05, 0.1) is 29.5 Å². The topological polar surface area (TPSA) is 73.9 Å². The first-order chi connectivity index (χ1) is 15.5. The molecule has 2 aromatic rings. The number of esters is 1. The maximum Gasteiger partial charge on any atom is 0.513 e. The minimum absolute atomic E-state index is 0.174. The molecule has 0 amide bonds. The Morgan fingerprint density at radius 2 is 1.91 bits per heavy atom. The summed E-state index contributed by atoms with van der Waals surface area (Å²) in [6, 6.07) is 16.3. The zero-order valence-electron chi connectivity index (χ0n) is 18.3. The summed E-state index contributed by atoms with van der Waals surface area (Å²) in [5, 5.41) is 3.16. The second-order valence-corrected chi connectivity index (χ2v) is 8.63. The van der Waals surface area contributed by atoms with Gasteiger partial charge in [-0.3, -0.25) is 0 Å². The highest BCUT2D eigenvalue weighted by molar-refractivity contribution is 7.98. The molecule has 166 valence electrons. The summed E-state index contributed by atoms with van der Waals surface area (Å²) in [5.41, 5.74) is 5.13. The molecule has 1 N–H and O–H groups in total. The van der Waals surface area contributed by atoms with Crippen molar-refractivity contribution in [2.24, 2.45) is 0 Å². The molecule has 1 atom stereocenters. The Kier molecular flexibility index (Phi) is 6.55. The van der Waals surface area contributed by atoms with E-state index in [2.05, 4.69) is 36.5 Å². The normalized spacial score (nSPS) is 17.6. The van der Waals surface area contributed by atoms with Gasteiger partial charge in [-0.25, -0.2) is 9.59 Å². The van der Waals surface area contributed by atoms with Crippen molar-refractivity contribution >= 4 is 23.9 Å². The Labute approximate surface area is 191 Å². The first kappa shape index (κ1) is 22.0. The second kappa shape index (κ2) is 9.53. The summed E-state index contributed by atoms with van der Waals surface area (Å²) in [6.07, 6.45) is -0.797. The van der Waals surface area contributed by atoms with Crippen molar-refractivity contribution in [3.8, 4) is 0 Å². The summed E-state index contributed by atoms with van der Waals surface area (Å²) < 4.78 is 15.9. The van der Waals surface area contributed by atoms with Gasteiger partial charge in [0.2, 0.25) is 0 Å². The van der Waals surface area contributed by atoms with Crippen molar-refractivity contribution in [3.05, 3.63) is 87.9 Å². The maximum atomic E-state index is 12.7. The van der Waals surface area contributed by atoms with E-state index in [9.17, 15) is 9.59 Å². The van der Waals surface area contributed by atoms with Gasteiger partial charge in [-0.1, -0.05) is 48.0 Å². The van der Waals surface area contributed by atoms with E-state index in [0.29, 0.717) is 22.7 Å². The number of carbonyl (C=O) groups is 2. The summed E-state index contributed by atoms with van der Waals surface area (Å²) in [5.74, 6) is 0.153. The predicted molar refractivity (Wildman–Crippen MR) is 122 cm³/mol. The molecule has 2 aromatic carbocycles. The number of dihydropyridines is 1. The molecule has 7 heteroatoms. The van der Waals surface area contributed by atoms with Crippen LogP contribution in [0, 0.1) is 6.92 Å². The number of benzene rings is 2. The van der Waals surface area contributed by atoms with Crippen LogP contribution in [-0.2, 0) is 24.8 Å². The van der Waals surface area contributed by atoms with Crippen LogP contribution < -0.4 is 5.32 Å². The van der Waals surface area contributed by atoms with Crippen molar-refractivity contribution in [3.63, 3.8) is 0 Å². The van der Waals surface area contributed by atoms with Gasteiger partial charge in [0.25, 0.3) is 0 Å². The van der Waals surface area contributed by atoms with E-state index in [1.54, 1.807) is 18.7 Å². The van der Waals surface area contributed by atoms with Gasteiger partial charge in [-0.05, 0) is 38.0 Å². The Morgan fingerprint density at radius 3 is 2.66 bits per heavy atom. The third kappa shape index (κ3) is 4.53. The third-order valence-electron chi connectivity index (χ3n) is 5.35. The monoisotopic (exact) mass is 451 g/mol. The number of cyclic esters (lactones) is 1. The number of thioether (sulfide) groups is 1. The van der Waals surface area contributed by atoms with Crippen LogP contribution in [0.1, 0.15) is 36.5 Å². The number of rotatable bonds is 6. The summed E-state index contributed by atoms with van der Waals surface area (Å²) >= 11 is 1.68. The molecule has 0 aliphatic carbocycles. The number of hydrogen-bond acceptors (Lipinski definition) is 7. The lowest BCUT2D eigenvalue weighted by molar-refractivity contribution is -0.136. The smallest absolute Gasteiger partial charge is 0.456 e. The minimum atomic E-state index is -0.797. The molecule has 0 spiro atoms. The number of nitrogens with one attached hydrogen (secondary N) is 1. The first-order valence-electron chi connectivity index (χ1n) is 10.5. The average Bonchev–Trinajstić information content (AvgIpc) is 3.14. The number of allylic oxidation sites excluding steroid dienone is 2. The SMILES string of the molecule is CCOC(=O)OC1=C(C)NC2=C(C(=O)OC2)C1c1ccccc1SCc1ccc(C)cc1. The Morgan fingerprint density at radius 1 is 1.16 bits per heavy atom. The molecule has 6 nitrogen and oxygen atoms in total. The zero-order valence-corrected chi connectivity index (χ0v) is 19.1. The van der Waals surface area contributed by atoms with E-state index in [1.165, 1.54) is 11.1 Å². The standard InChI is InChI=1S/C25H25NO5S/c1-4-29-25(28)31-23-16(3)26-19-13-30-24(27)22(19)21(23)18-7-5-6-8-20(18)32-14-17-11-9-15(2)10-12-17/h5-12,21,26H,4,13-14H2,1-3H3. The van der Waals surface area contributed by atoms with E-state index in [-0.39, 0.29) is 13.2 Å². The molecule has 0 fully saturated rings. The Bertz CT molecular complexity index is 1100.